The molecule has 0 spiro atoms. The van der Waals surface area contributed by atoms with Crippen molar-refractivity contribution in [2.75, 3.05) is 6.54 Å². The van der Waals surface area contributed by atoms with Crippen molar-refractivity contribution in [3.8, 4) is 28.3 Å². The third-order valence-electron chi connectivity index (χ3n) is 5.92. The number of ether oxygens (including phenoxy) is 1. The third kappa shape index (κ3) is 4.73. The largest absolute Gasteiger partial charge is 0.438 e. The molecule has 0 aliphatic carbocycles. The highest BCUT2D eigenvalue weighted by Crippen LogP contribution is 2.39. The Labute approximate surface area is 193 Å². The maximum Gasteiger partial charge on any atom is 0.308 e. The van der Waals surface area contributed by atoms with Crippen molar-refractivity contribution >= 4 is 5.97 Å². The van der Waals surface area contributed by atoms with Crippen molar-refractivity contribution in [3.05, 3.63) is 96.4 Å². The van der Waals surface area contributed by atoms with Crippen molar-refractivity contribution in [2.45, 2.75) is 32.4 Å². The molecule has 4 aromatic rings. The van der Waals surface area contributed by atoms with Crippen LogP contribution in [0.3, 0.4) is 0 Å². The maximum absolute atomic E-state index is 11.3. The van der Waals surface area contributed by atoms with E-state index >= 15 is 0 Å². The highest BCUT2D eigenvalue weighted by Gasteiger charge is 2.31. The summed E-state index contributed by atoms with van der Waals surface area (Å²) in [6.07, 6.45) is 2.07. The van der Waals surface area contributed by atoms with Crippen LogP contribution >= 0.6 is 0 Å². The van der Waals surface area contributed by atoms with Gasteiger partial charge in [-0.25, -0.2) is 4.98 Å². The number of aromatic nitrogens is 1. The predicted molar refractivity (Wildman–Crippen MR) is 128 cm³/mol. The predicted octanol–water partition coefficient (Wildman–Crippen LogP) is 6.27. The number of oxazole rings is 1. The van der Waals surface area contributed by atoms with Crippen molar-refractivity contribution in [2.24, 2.45) is 0 Å². The van der Waals surface area contributed by atoms with Crippen molar-refractivity contribution in [1.82, 2.24) is 9.88 Å². The van der Waals surface area contributed by atoms with Crippen LogP contribution in [0.2, 0.25) is 0 Å². The van der Waals surface area contributed by atoms with E-state index < -0.39 is 0 Å². The molecule has 33 heavy (non-hydrogen) atoms. The van der Waals surface area contributed by atoms with Crippen LogP contribution < -0.4 is 4.74 Å². The summed E-state index contributed by atoms with van der Waals surface area (Å²) in [6, 6.07) is 28.2. The monoisotopic (exact) mass is 438 g/mol. The van der Waals surface area contributed by atoms with Crippen LogP contribution in [-0.4, -0.2) is 22.4 Å². The first-order chi connectivity index (χ1) is 16.2. The number of benzene rings is 3. The van der Waals surface area contributed by atoms with Crippen molar-refractivity contribution in [1.29, 1.82) is 0 Å². The normalized spacial score (nSPS) is 16.1. The van der Waals surface area contributed by atoms with Crippen molar-refractivity contribution < 1.29 is 13.9 Å². The average molecular weight is 439 g/mol. The molecule has 1 aromatic heterocycles. The van der Waals surface area contributed by atoms with E-state index in [1.165, 1.54) is 6.92 Å². The summed E-state index contributed by atoms with van der Waals surface area (Å²) in [5.41, 5.74) is 4.04. The van der Waals surface area contributed by atoms with Crippen LogP contribution in [-0.2, 0) is 11.3 Å². The topological polar surface area (TPSA) is 55.6 Å². The van der Waals surface area contributed by atoms with Crippen molar-refractivity contribution in [3.63, 3.8) is 0 Å². The lowest BCUT2D eigenvalue weighted by molar-refractivity contribution is -0.131. The van der Waals surface area contributed by atoms with Gasteiger partial charge in [-0.1, -0.05) is 72.8 Å². The van der Waals surface area contributed by atoms with E-state index in [0.717, 1.165) is 60.0 Å². The Morgan fingerprint density at radius 2 is 1.73 bits per heavy atom. The van der Waals surface area contributed by atoms with Gasteiger partial charge in [-0.3, -0.25) is 9.69 Å². The Morgan fingerprint density at radius 3 is 2.45 bits per heavy atom. The molecule has 0 amide bonds. The Morgan fingerprint density at radius 1 is 1.00 bits per heavy atom. The molecule has 2 heterocycles. The summed E-state index contributed by atoms with van der Waals surface area (Å²) in [5.74, 6) is 1.82. The molecule has 1 saturated heterocycles. The van der Waals surface area contributed by atoms with E-state index in [2.05, 4.69) is 35.2 Å². The first-order valence-corrected chi connectivity index (χ1v) is 11.3. The number of carbonyl (C=O) groups excluding carboxylic acids is 1. The van der Waals surface area contributed by atoms with Crippen LogP contribution in [0.15, 0.2) is 89.3 Å². The minimum absolute atomic E-state index is 0.0994. The second-order valence-electron chi connectivity index (χ2n) is 8.33. The average Bonchev–Trinajstić information content (AvgIpc) is 3.47. The molecular formula is C28H26N2O3. The molecule has 5 nitrogen and oxygen atoms in total. The Kier molecular flexibility index (Phi) is 6.05. The van der Waals surface area contributed by atoms with Gasteiger partial charge in [0.25, 0.3) is 0 Å². The van der Waals surface area contributed by atoms with Crippen LogP contribution in [0.4, 0.5) is 0 Å². The highest BCUT2D eigenvalue weighted by atomic mass is 16.5. The molecule has 0 N–H and O–H groups in total. The minimum Gasteiger partial charge on any atom is -0.438 e. The van der Waals surface area contributed by atoms with E-state index in [9.17, 15) is 4.79 Å². The number of rotatable bonds is 6. The van der Waals surface area contributed by atoms with Gasteiger partial charge >= 0.3 is 5.97 Å². The SMILES string of the molecule is CC(=O)Oc1cccc(CN2CCC[C@H]2c2nc(-c3ccccc3)c(-c3ccccc3)o2)c1. The molecule has 0 unspecified atom stereocenters. The fraction of sp³-hybridized carbons (Fsp3) is 0.214. The molecular weight excluding hydrogens is 412 g/mol. The maximum atomic E-state index is 11.3. The van der Waals surface area contributed by atoms with E-state index in [1.807, 2.05) is 48.5 Å². The van der Waals surface area contributed by atoms with E-state index in [-0.39, 0.29) is 12.0 Å². The quantitative estimate of drug-likeness (QED) is 0.262. The molecule has 0 radical (unpaired) electrons. The summed E-state index contributed by atoms with van der Waals surface area (Å²) >= 11 is 0. The van der Waals surface area contributed by atoms with E-state index in [0.29, 0.717) is 5.75 Å². The number of esters is 1. The lowest BCUT2D eigenvalue weighted by atomic mass is 10.1. The Hall–Kier alpha value is -3.70. The second kappa shape index (κ2) is 9.43. The molecule has 1 aliphatic rings. The van der Waals surface area contributed by atoms with E-state index in [4.69, 9.17) is 14.1 Å². The molecule has 5 heteroatoms. The van der Waals surface area contributed by atoms with E-state index in [1.54, 1.807) is 6.07 Å². The third-order valence-corrected chi connectivity index (χ3v) is 5.92. The fourth-order valence-electron chi connectivity index (χ4n) is 4.46. The zero-order valence-corrected chi connectivity index (χ0v) is 18.6. The number of hydrogen-bond donors (Lipinski definition) is 0. The van der Waals surface area contributed by atoms with Crippen LogP contribution in [0.1, 0.15) is 37.3 Å². The summed E-state index contributed by atoms with van der Waals surface area (Å²) in [6.45, 7) is 3.12. The van der Waals surface area contributed by atoms with Gasteiger partial charge in [0.2, 0.25) is 5.89 Å². The molecule has 3 aromatic carbocycles. The van der Waals surface area contributed by atoms with Gasteiger partial charge in [0.05, 0.1) is 6.04 Å². The van der Waals surface area contributed by atoms with Crippen LogP contribution in [0, 0.1) is 0 Å². The summed E-state index contributed by atoms with van der Waals surface area (Å²) in [7, 11) is 0. The number of hydrogen-bond acceptors (Lipinski definition) is 5. The molecule has 1 atom stereocenters. The summed E-state index contributed by atoms with van der Waals surface area (Å²) in [5, 5.41) is 0. The second-order valence-corrected chi connectivity index (χ2v) is 8.33. The minimum atomic E-state index is -0.312. The highest BCUT2D eigenvalue weighted by molar-refractivity contribution is 5.76. The van der Waals surface area contributed by atoms with Gasteiger partial charge in [0, 0.05) is 24.6 Å². The smallest absolute Gasteiger partial charge is 0.308 e. The van der Waals surface area contributed by atoms with Gasteiger partial charge in [0.15, 0.2) is 5.76 Å². The molecule has 0 saturated carbocycles. The molecule has 1 fully saturated rings. The van der Waals surface area contributed by atoms with Gasteiger partial charge in [-0.2, -0.15) is 0 Å². The Bertz CT molecular complexity index is 1180. The number of nitrogens with zero attached hydrogens (tertiary/aromatic N) is 2. The first-order valence-electron chi connectivity index (χ1n) is 11.3. The molecule has 0 bridgehead atoms. The van der Waals surface area contributed by atoms with Gasteiger partial charge < -0.3 is 9.15 Å². The Balaban J connectivity index is 1.46. The molecule has 166 valence electrons. The molecule has 1 aliphatic heterocycles. The fourth-order valence-corrected chi connectivity index (χ4v) is 4.46. The van der Waals surface area contributed by atoms with Gasteiger partial charge in [-0.05, 0) is 37.1 Å². The van der Waals surface area contributed by atoms with Gasteiger partial charge in [-0.15, -0.1) is 0 Å². The lowest BCUT2D eigenvalue weighted by Crippen LogP contribution is -2.23. The molecule has 5 rings (SSSR count). The standard InChI is InChI=1S/C28H26N2O3/c1-20(31)32-24-15-8-10-21(18-24)19-30-17-9-16-25(30)28-29-26(22-11-4-2-5-12-22)27(33-28)23-13-6-3-7-14-23/h2-8,10-15,18,25H,9,16-17,19H2,1H3/t25-/m0/s1. The summed E-state index contributed by atoms with van der Waals surface area (Å²) < 4.78 is 11.7. The number of likely N-dealkylation sites (tertiary alicyclic amines) is 1. The zero-order chi connectivity index (χ0) is 22.6. The van der Waals surface area contributed by atoms with Gasteiger partial charge in [0.1, 0.15) is 11.4 Å². The summed E-state index contributed by atoms with van der Waals surface area (Å²) in [4.78, 5) is 18.7. The zero-order valence-electron chi connectivity index (χ0n) is 18.6. The van der Waals surface area contributed by atoms with Crippen LogP contribution in [0.5, 0.6) is 5.75 Å². The number of carbonyl (C=O) groups is 1. The van der Waals surface area contributed by atoms with Crippen LogP contribution in [0.25, 0.3) is 22.6 Å². The lowest BCUT2D eigenvalue weighted by Gasteiger charge is -2.22. The first kappa shape index (κ1) is 21.2.